The monoisotopic (exact) mass is 187 g/mol. The van der Waals surface area contributed by atoms with Crippen molar-refractivity contribution in [1.29, 1.82) is 0 Å². The molecule has 0 N–H and O–H groups in total. The molecular weight excluding hydrogens is 180 g/mol. The van der Waals surface area contributed by atoms with Gasteiger partial charge in [0.2, 0.25) is 0 Å². The van der Waals surface area contributed by atoms with Gasteiger partial charge in [-0.2, -0.15) is 5.10 Å². The maximum absolute atomic E-state index is 10.3. The molecule has 0 radical (unpaired) electrons. The van der Waals surface area contributed by atoms with Crippen LogP contribution >= 0.6 is 11.6 Å². The van der Waals surface area contributed by atoms with Crippen molar-refractivity contribution >= 4 is 17.6 Å². The zero-order valence-electron chi connectivity index (χ0n) is 6.53. The van der Waals surface area contributed by atoms with Crippen molar-refractivity contribution in [1.82, 2.24) is 9.78 Å². The second-order valence-corrected chi connectivity index (χ2v) is 3.04. The minimum Gasteiger partial charge on any atom is -0.550 e. The molecule has 0 amide bonds. The number of aliphatic carboxylic acids is 1. The molecule has 0 aliphatic carbocycles. The van der Waals surface area contributed by atoms with Crippen LogP contribution < -0.4 is 5.11 Å². The van der Waals surface area contributed by atoms with Crippen LogP contribution in [0.1, 0.15) is 6.92 Å². The van der Waals surface area contributed by atoms with Crippen LogP contribution in [0.15, 0.2) is 12.4 Å². The fraction of sp³-hybridized carbons (Fsp3) is 0.429. The van der Waals surface area contributed by atoms with Gasteiger partial charge in [-0.15, -0.1) is 0 Å². The SMILES string of the molecule is C[C@@H](Cn1cc(Cl)cn1)C(=O)[O-]. The molecule has 0 unspecified atom stereocenters. The van der Waals surface area contributed by atoms with Crippen LogP contribution in [0.2, 0.25) is 5.02 Å². The minimum atomic E-state index is -1.08. The van der Waals surface area contributed by atoms with Gasteiger partial charge in [-0.25, -0.2) is 0 Å². The van der Waals surface area contributed by atoms with E-state index in [0.717, 1.165) is 0 Å². The van der Waals surface area contributed by atoms with E-state index in [0.29, 0.717) is 5.02 Å². The van der Waals surface area contributed by atoms with Crippen LogP contribution in [-0.4, -0.2) is 15.7 Å². The van der Waals surface area contributed by atoms with Crippen LogP contribution in [0, 0.1) is 5.92 Å². The van der Waals surface area contributed by atoms with Gasteiger partial charge < -0.3 is 9.90 Å². The predicted molar refractivity (Wildman–Crippen MR) is 41.4 cm³/mol. The van der Waals surface area contributed by atoms with Crippen molar-refractivity contribution in [3.8, 4) is 0 Å². The van der Waals surface area contributed by atoms with Gasteiger partial charge in [-0.05, 0) is 0 Å². The predicted octanol–water partition coefficient (Wildman–Crippen LogP) is -0.0775. The molecule has 1 aromatic rings. The molecule has 1 heterocycles. The van der Waals surface area contributed by atoms with Gasteiger partial charge in [0.1, 0.15) is 0 Å². The quantitative estimate of drug-likeness (QED) is 0.665. The van der Waals surface area contributed by atoms with E-state index in [2.05, 4.69) is 5.10 Å². The van der Waals surface area contributed by atoms with Crippen LogP contribution in [0.5, 0.6) is 0 Å². The Kier molecular flexibility index (Phi) is 2.70. The molecule has 0 saturated carbocycles. The van der Waals surface area contributed by atoms with E-state index in [4.69, 9.17) is 11.6 Å². The second-order valence-electron chi connectivity index (χ2n) is 2.60. The van der Waals surface area contributed by atoms with E-state index in [9.17, 15) is 9.90 Å². The Labute approximate surface area is 74.8 Å². The average molecular weight is 188 g/mol. The normalized spacial score (nSPS) is 12.8. The van der Waals surface area contributed by atoms with Gasteiger partial charge in [0, 0.05) is 24.6 Å². The lowest BCUT2D eigenvalue weighted by Gasteiger charge is -2.11. The number of aromatic nitrogens is 2. The van der Waals surface area contributed by atoms with E-state index in [1.165, 1.54) is 10.9 Å². The molecule has 0 saturated heterocycles. The Morgan fingerprint density at radius 3 is 3.00 bits per heavy atom. The highest BCUT2D eigenvalue weighted by molar-refractivity contribution is 6.30. The molecular formula is C7H8ClN2O2-. The van der Waals surface area contributed by atoms with Crippen molar-refractivity contribution in [3.05, 3.63) is 17.4 Å². The number of hydrogen-bond acceptors (Lipinski definition) is 3. The third kappa shape index (κ3) is 2.23. The number of nitrogens with zero attached hydrogens (tertiary/aromatic N) is 2. The molecule has 1 rings (SSSR count). The largest absolute Gasteiger partial charge is 0.550 e. The number of hydrogen-bond donors (Lipinski definition) is 0. The zero-order valence-corrected chi connectivity index (χ0v) is 7.28. The maximum atomic E-state index is 10.3. The van der Waals surface area contributed by atoms with Crippen LogP contribution in [0.3, 0.4) is 0 Å². The van der Waals surface area contributed by atoms with Crippen molar-refractivity contribution < 1.29 is 9.90 Å². The summed E-state index contributed by atoms with van der Waals surface area (Å²) in [5.41, 5.74) is 0. The Morgan fingerprint density at radius 2 is 2.58 bits per heavy atom. The van der Waals surface area contributed by atoms with E-state index < -0.39 is 11.9 Å². The third-order valence-corrected chi connectivity index (χ3v) is 1.66. The van der Waals surface area contributed by atoms with E-state index in [-0.39, 0.29) is 6.54 Å². The van der Waals surface area contributed by atoms with Gasteiger partial charge in [0.25, 0.3) is 0 Å². The number of carboxylic acid groups (broad SMARTS) is 1. The molecule has 1 aromatic heterocycles. The van der Waals surface area contributed by atoms with E-state index in [1.807, 2.05) is 0 Å². The summed E-state index contributed by atoms with van der Waals surface area (Å²) in [6, 6.07) is 0. The zero-order chi connectivity index (χ0) is 9.14. The van der Waals surface area contributed by atoms with Gasteiger partial charge in [-0.1, -0.05) is 18.5 Å². The standard InChI is InChI=1S/C7H9ClN2O2/c1-5(7(11)12)3-10-4-6(8)2-9-10/h2,4-5H,3H2,1H3,(H,11,12)/p-1/t5-/m0/s1. The summed E-state index contributed by atoms with van der Waals surface area (Å²) in [7, 11) is 0. The van der Waals surface area contributed by atoms with Crippen molar-refractivity contribution in [2.24, 2.45) is 5.92 Å². The molecule has 0 bridgehead atoms. The smallest absolute Gasteiger partial charge is 0.0785 e. The van der Waals surface area contributed by atoms with Crippen LogP contribution in [0.4, 0.5) is 0 Å². The third-order valence-electron chi connectivity index (χ3n) is 1.47. The van der Waals surface area contributed by atoms with Crippen molar-refractivity contribution in [3.63, 3.8) is 0 Å². The summed E-state index contributed by atoms with van der Waals surface area (Å²) >= 11 is 5.58. The first-order valence-corrected chi connectivity index (χ1v) is 3.86. The average Bonchev–Trinajstić information content (AvgIpc) is 2.35. The Morgan fingerprint density at radius 1 is 1.92 bits per heavy atom. The Balaban J connectivity index is 2.58. The maximum Gasteiger partial charge on any atom is 0.0785 e. The number of carboxylic acids is 1. The summed E-state index contributed by atoms with van der Waals surface area (Å²) in [6.45, 7) is 1.85. The summed E-state index contributed by atoms with van der Waals surface area (Å²) in [5, 5.41) is 14.7. The van der Waals surface area contributed by atoms with Crippen LogP contribution in [0.25, 0.3) is 0 Å². The number of halogens is 1. The Bertz CT molecular complexity index is 285. The van der Waals surface area contributed by atoms with Crippen molar-refractivity contribution in [2.45, 2.75) is 13.5 Å². The Hall–Kier alpha value is -1.03. The topological polar surface area (TPSA) is 58.0 Å². The lowest BCUT2D eigenvalue weighted by atomic mass is 10.2. The fourth-order valence-corrected chi connectivity index (χ4v) is 0.950. The molecule has 66 valence electrons. The lowest BCUT2D eigenvalue weighted by molar-refractivity contribution is -0.311. The molecule has 1 atom stereocenters. The first-order valence-electron chi connectivity index (χ1n) is 3.48. The van der Waals surface area contributed by atoms with Crippen molar-refractivity contribution in [2.75, 3.05) is 0 Å². The van der Waals surface area contributed by atoms with Gasteiger partial charge >= 0.3 is 0 Å². The number of carbonyl (C=O) groups excluding carboxylic acids is 1. The minimum absolute atomic E-state index is 0.287. The number of rotatable bonds is 3. The molecule has 0 aliphatic heterocycles. The molecule has 4 nitrogen and oxygen atoms in total. The lowest BCUT2D eigenvalue weighted by Crippen LogP contribution is -2.32. The van der Waals surface area contributed by atoms with Gasteiger partial charge in [0.05, 0.1) is 11.2 Å². The fourth-order valence-electron chi connectivity index (χ4n) is 0.793. The first-order chi connectivity index (χ1) is 5.59. The van der Waals surface area contributed by atoms with E-state index >= 15 is 0 Å². The summed E-state index contributed by atoms with van der Waals surface area (Å²) in [4.78, 5) is 10.3. The highest BCUT2D eigenvalue weighted by atomic mass is 35.5. The highest BCUT2D eigenvalue weighted by Gasteiger charge is 2.04. The molecule has 0 aliphatic rings. The summed E-state index contributed by atoms with van der Waals surface area (Å²) < 4.78 is 1.48. The molecule has 5 heteroatoms. The molecule has 0 fully saturated rings. The molecule has 0 spiro atoms. The van der Waals surface area contributed by atoms with Gasteiger partial charge in [-0.3, -0.25) is 4.68 Å². The van der Waals surface area contributed by atoms with Crippen LogP contribution in [-0.2, 0) is 11.3 Å². The van der Waals surface area contributed by atoms with Gasteiger partial charge in [0.15, 0.2) is 0 Å². The first kappa shape index (κ1) is 9.06. The van der Waals surface area contributed by atoms with E-state index in [1.54, 1.807) is 13.1 Å². The molecule has 12 heavy (non-hydrogen) atoms. The number of carbonyl (C=O) groups is 1. The second kappa shape index (κ2) is 3.58. The summed E-state index contributed by atoms with van der Waals surface area (Å²) in [6.07, 6.45) is 3.03. The highest BCUT2D eigenvalue weighted by Crippen LogP contribution is 2.06. The molecule has 0 aromatic carbocycles. The summed E-state index contributed by atoms with van der Waals surface area (Å²) in [5.74, 6) is -1.64.